The number of hydrogen-bond donors (Lipinski definition) is 1. The van der Waals surface area contributed by atoms with E-state index in [1.807, 2.05) is 0 Å². The van der Waals surface area contributed by atoms with Crippen molar-refractivity contribution in [3.05, 3.63) is 29.6 Å². The molecule has 1 saturated heterocycles. The smallest absolute Gasteiger partial charge is 0.296 e. The maximum Gasteiger partial charge on any atom is 0.296 e. The molecule has 21 heavy (non-hydrogen) atoms. The minimum Gasteiger partial charge on any atom is -0.494 e. The molecule has 1 amide bonds. The van der Waals surface area contributed by atoms with Gasteiger partial charge in [0.15, 0.2) is 11.6 Å². The zero-order valence-electron chi connectivity index (χ0n) is 12.2. The fraction of sp³-hybridized carbons (Fsp3) is 0.438. The van der Waals surface area contributed by atoms with Crippen molar-refractivity contribution < 1.29 is 18.7 Å². The maximum atomic E-state index is 14.6. The molecule has 1 aromatic carbocycles. The fourth-order valence-corrected chi connectivity index (χ4v) is 2.58. The van der Waals surface area contributed by atoms with Gasteiger partial charge in [0.2, 0.25) is 0 Å². The second-order valence-electron chi connectivity index (χ2n) is 4.85. The number of carbonyl (C=O) groups is 1. The van der Waals surface area contributed by atoms with Crippen molar-refractivity contribution in [3.63, 3.8) is 0 Å². The summed E-state index contributed by atoms with van der Waals surface area (Å²) in [4.78, 5) is 11.9. The standard InChI is InChI=1S/C16H18FNO3/c1-3-5-14(19)18-16(8-10-21-11-9-16)12-6-4-7-13(20-2)15(12)17/h4,6-7H,8-11H2,1-2H3,(H,18,19). The Balaban J connectivity index is 2.44. The van der Waals surface area contributed by atoms with Crippen molar-refractivity contribution in [2.24, 2.45) is 0 Å². The van der Waals surface area contributed by atoms with Crippen LogP contribution in [-0.2, 0) is 15.1 Å². The Morgan fingerprint density at radius 1 is 1.43 bits per heavy atom. The Morgan fingerprint density at radius 2 is 2.14 bits per heavy atom. The summed E-state index contributed by atoms with van der Waals surface area (Å²) in [5.74, 6) is 4.29. The van der Waals surface area contributed by atoms with Crippen molar-refractivity contribution in [3.8, 4) is 17.6 Å². The summed E-state index contributed by atoms with van der Waals surface area (Å²) in [5.41, 5.74) is -0.394. The minimum atomic E-state index is -0.808. The molecule has 1 aliphatic heterocycles. The van der Waals surface area contributed by atoms with Gasteiger partial charge < -0.3 is 14.8 Å². The largest absolute Gasteiger partial charge is 0.494 e. The van der Waals surface area contributed by atoms with E-state index in [1.54, 1.807) is 25.1 Å². The van der Waals surface area contributed by atoms with E-state index < -0.39 is 17.3 Å². The highest BCUT2D eigenvalue weighted by Gasteiger charge is 2.38. The summed E-state index contributed by atoms with van der Waals surface area (Å²) in [5, 5.41) is 2.85. The Bertz CT molecular complexity index is 583. The normalized spacial score (nSPS) is 16.5. The molecule has 1 aromatic rings. The van der Waals surface area contributed by atoms with Crippen LogP contribution >= 0.6 is 0 Å². The molecule has 0 radical (unpaired) electrons. The van der Waals surface area contributed by atoms with E-state index in [9.17, 15) is 9.18 Å². The van der Waals surface area contributed by atoms with E-state index in [-0.39, 0.29) is 5.75 Å². The van der Waals surface area contributed by atoms with Gasteiger partial charge in [-0.3, -0.25) is 4.79 Å². The first kappa shape index (κ1) is 15.3. The number of rotatable bonds is 3. The second kappa shape index (κ2) is 6.59. The van der Waals surface area contributed by atoms with Gasteiger partial charge in [0.05, 0.1) is 12.6 Å². The predicted molar refractivity (Wildman–Crippen MR) is 76.3 cm³/mol. The summed E-state index contributed by atoms with van der Waals surface area (Å²) in [6, 6.07) is 4.94. The van der Waals surface area contributed by atoms with Gasteiger partial charge in [0.1, 0.15) is 0 Å². The van der Waals surface area contributed by atoms with E-state index in [1.165, 1.54) is 7.11 Å². The lowest BCUT2D eigenvalue weighted by Crippen LogP contribution is -2.49. The van der Waals surface area contributed by atoms with E-state index in [2.05, 4.69) is 17.2 Å². The third-order valence-electron chi connectivity index (χ3n) is 3.64. The lowest BCUT2D eigenvalue weighted by molar-refractivity contribution is -0.119. The minimum absolute atomic E-state index is 0.161. The van der Waals surface area contributed by atoms with Crippen LogP contribution in [0, 0.1) is 17.7 Å². The molecule has 1 N–H and O–H groups in total. The number of halogens is 1. The summed E-state index contributed by atoms with van der Waals surface area (Å²) in [6.07, 6.45) is 0.989. The Hall–Kier alpha value is -2.06. The first-order chi connectivity index (χ1) is 10.1. The van der Waals surface area contributed by atoms with Gasteiger partial charge in [-0.25, -0.2) is 4.39 Å². The molecule has 0 saturated carbocycles. The molecule has 1 fully saturated rings. The van der Waals surface area contributed by atoms with E-state index in [0.717, 1.165) is 0 Å². The first-order valence-corrected chi connectivity index (χ1v) is 6.78. The van der Waals surface area contributed by atoms with Crippen LogP contribution in [-0.4, -0.2) is 26.2 Å². The maximum absolute atomic E-state index is 14.6. The molecule has 2 rings (SSSR count). The van der Waals surface area contributed by atoms with Crippen molar-refractivity contribution >= 4 is 5.91 Å². The van der Waals surface area contributed by atoms with Crippen LogP contribution in [0.5, 0.6) is 5.75 Å². The molecule has 0 atom stereocenters. The SMILES string of the molecule is CC#CC(=O)NC1(c2cccc(OC)c2F)CCOCC1. The van der Waals surface area contributed by atoms with Crippen molar-refractivity contribution in [1.82, 2.24) is 5.32 Å². The molecular weight excluding hydrogens is 273 g/mol. The van der Waals surface area contributed by atoms with E-state index >= 15 is 0 Å². The molecule has 0 unspecified atom stereocenters. The van der Waals surface area contributed by atoms with Crippen LogP contribution in [0.25, 0.3) is 0 Å². The molecule has 1 heterocycles. The average Bonchev–Trinajstić information content (AvgIpc) is 2.48. The first-order valence-electron chi connectivity index (χ1n) is 6.78. The third-order valence-corrected chi connectivity index (χ3v) is 3.64. The summed E-state index contributed by atoms with van der Waals surface area (Å²) >= 11 is 0. The van der Waals surface area contributed by atoms with Crippen LogP contribution in [0.3, 0.4) is 0 Å². The predicted octanol–water partition coefficient (Wildman–Crippen LogP) is 1.98. The van der Waals surface area contributed by atoms with Crippen LogP contribution < -0.4 is 10.1 Å². The zero-order valence-corrected chi connectivity index (χ0v) is 12.2. The van der Waals surface area contributed by atoms with Crippen LogP contribution in [0.4, 0.5) is 4.39 Å². The average molecular weight is 291 g/mol. The van der Waals surface area contributed by atoms with Crippen LogP contribution in [0.1, 0.15) is 25.3 Å². The quantitative estimate of drug-likeness (QED) is 0.866. The van der Waals surface area contributed by atoms with Crippen LogP contribution in [0.2, 0.25) is 0 Å². The van der Waals surface area contributed by atoms with Crippen molar-refractivity contribution in [2.45, 2.75) is 25.3 Å². The summed E-state index contributed by atoms with van der Waals surface area (Å²) in [7, 11) is 1.42. The number of carbonyl (C=O) groups excluding carboxylic acids is 1. The van der Waals surface area contributed by atoms with Gasteiger partial charge in [0.25, 0.3) is 5.91 Å². The Morgan fingerprint density at radius 3 is 2.76 bits per heavy atom. The number of methoxy groups -OCH3 is 1. The molecule has 0 aromatic heterocycles. The third kappa shape index (κ3) is 3.17. The number of amides is 1. The van der Waals surface area contributed by atoms with Gasteiger partial charge >= 0.3 is 0 Å². The molecule has 112 valence electrons. The van der Waals surface area contributed by atoms with Gasteiger partial charge in [-0.05, 0) is 31.8 Å². The number of nitrogens with one attached hydrogen (secondary N) is 1. The molecule has 0 aliphatic carbocycles. The number of benzene rings is 1. The van der Waals surface area contributed by atoms with Crippen molar-refractivity contribution in [1.29, 1.82) is 0 Å². The Labute approximate surface area is 123 Å². The lowest BCUT2D eigenvalue weighted by atomic mass is 9.82. The molecule has 4 nitrogen and oxygen atoms in total. The van der Waals surface area contributed by atoms with Gasteiger partial charge in [-0.15, -0.1) is 0 Å². The number of hydrogen-bond acceptors (Lipinski definition) is 3. The zero-order chi connectivity index (χ0) is 15.3. The van der Waals surface area contributed by atoms with Gasteiger partial charge in [-0.1, -0.05) is 18.1 Å². The number of ether oxygens (including phenoxy) is 2. The van der Waals surface area contributed by atoms with Gasteiger partial charge in [-0.2, -0.15) is 0 Å². The molecule has 5 heteroatoms. The van der Waals surface area contributed by atoms with Crippen LogP contribution in [0.15, 0.2) is 18.2 Å². The second-order valence-corrected chi connectivity index (χ2v) is 4.85. The van der Waals surface area contributed by atoms with Gasteiger partial charge in [0, 0.05) is 18.8 Å². The van der Waals surface area contributed by atoms with E-state index in [0.29, 0.717) is 31.6 Å². The lowest BCUT2D eigenvalue weighted by Gasteiger charge is -2.38. The van der Waals surface area contributed by atoms with E-state index in [4.69, 9.17) is 9.47 Å². The molecule has 1 aliphatic rings. The summed E-state index contributed by atoms with van der Waals surface area (Å²) < 4.78 is 25.0. The monoisotopic (exact) mass is 291 g/mol. The van der Waals surface area contributed by atoms with Crippen molar-refractivity contribution in [2.75, 3.05) is 20.3 Å². The fourth-order valence-electron chi connectivity index (χ4n) is 2.58. The summed E-state index contributed by atoms with van der Waals surface area (Å²) in [6.45, 7) is 2.50. The highest BCUT2D eigenvalue weighted by Crippen LogP contribution is 2.36. The highest BCUT2D eigenvalue weighted by atomic mass is 19.1. The topological polar surface area (TPSA) is 47.6 Å². The molecular formula is C16H18FNO3. The Kier molecular flexibility index (Phi) is 4.81. The highest BCUT2D eigenvalue weighted by molar-refractivity contribution is 5.94. The molecule has 0 bridgehead atoms. The molecule has 0 spiro atoms.